The van der Waals surface area contributed by atoms with E-state index in [1.54, 1.807) is 0 Å². The average Bonchev–Trinajstić information content (AvgIpc) is 3.95. The van der Waals surface area contributed by atoms with Crippen LogP contribution < -0.4 is 4.90 Å². The first-order valence-electron chi connectivity index (χ1n) is 21.4. The van der Waals surface area contributed by atoms with Crippen LogP contribution in [0.4, 0.5) is 17.1 Å². The number of hydrogen-bond donors (Lipinski definition) is 0. The minimum atomic E-state index is -0.149. The summed E-state index contributed by atoms with van der Waals surface area (Å²) in [4.78, 5) is 5.25. The molecule has 2 bridgehead atoms. The molecule has 4 heteroatoms. The zero-order valence-corrected chi connectivity index (χ0v) is 36.4. The maximum atomic E-state index is 2.48. The highest BCUT2D eigenvalue weighted by atomic mass is 32.2. The predicted octanol–water partition coefficient (Wildman–Crippen LogP) is 16.5. The lowest BCUT2D eigenvalue weighted by Gasteiger charge is -2.39. The first-order valence-corrected chi connectivity index (χ1v) is 23.9. The average molecular weight is 836 g/mol. The van der Waals surface area contributed by atoms with Crippen LogP contribution in [0.1, 0.15) is 54.0 Å². The van der Waals surface area contributed by atoms with Gasteiger partial charge in [-0.2, -0.15) is 0 Å². The van der Waals surface area contributed by atoms with Gasteiger partial charge in [0, 0.05) is 69.2 Å². The summed E-state index contributed by atoms with van der Waals surface area (Å²) in [5, 5.41) is 3.18. The molecule has 7 aromatic carbocycles. The first kappa shape index (κ1) is 35.9. The number of hydrogen-bond acceptors (Lipinski definition) is 4. The van der Waals surface area contributed by atoms with E-state index in [2.05, 4.69) is 207 Å². The highest BCUT2D eigenvalue weighted by Gasteiger charge is 2.40. The van der Waals surface area contributed by atoms with Gasteiger partial charge in [0.2, 0.25) is 0 Å². The van der Waals surface area contributed by atoms with E-state index in [1.165, 1.54) is 91.3 Å². The van der Waals surface area contributed by atoms with E-state index in [0.717, 1.165) is 17.8 Å². The van der Waals surface area contributed by atoms with Crippen LogP contribution in [0.15, 0.2) is 198 Å². The van der Waals surface area contributed by atoms with E-state index in [0.29, 0.717) is 11.2 Å². The zero-order chi connectivity index (χ0) is 40.5. The van der Waals surface area contributed by atoms with Crippen molar-refractivity contribution >= 4 is 77.7 Å². The second-order valence-corrected chi connectivity index (χ2v) is 21.2. The fourth-order valence-electron chi connectivity index (χ4n) is 10.8. The number of fused-ring (bicyclic) bond motifs is 14. The highest BCUT2D eigenvalue weighted by Crippen LogP contribution is 2.58. The summed E-state index contributed by atoms with van der Waals surface area (Å²) in [6.07, 6.45) is 17.1. The van der Waals surface area contributed by atoms with Gasteiger partial charge in [-0.15, -0.1) is 34.9 Å². The molecule has 8 aromatic rings. The van der Waals surface area contributed by atoms with Gasteiger partial charge in [0.25, 0.3) is 0 Å². The minimum Gasteiger partial charge on any atom is -0.310 e. The van der Waals surface area contributed by atoms with E-state index in [1.807, 2.05) is 34.9 Å². The lowest BCUT2D eigenvalue weighted by atomic mass is 9.82. The van der Waals surface area contributed by atoms with Crippen LogP contribution in [-0.4, -0.2) is 5.25 Å². The maximum absolute atomic E-state index is 2.48. The monoisotopic (exact) mass is 835 g/mol. The second-order valence-electron chi connectivity index (χ2n) is 17.6. The molecule has 0 spiro atoms. The summed E-state index contributed by atoms with van der Waals surface area (Å²) in [5.74, 6) is 0.445. The molecule has 3 aliphatic carbocycles. The highest BCUT2D eigenvalue weighted by molar-refractivity contribution is 8.00. The van der Waals surface area contributed by atoms with Crippen LogP contribution in [0.5, 0.6) is 0 Å². The molecule has 3 unspecified atom stereocenters. The van der Waals surface area contributed by atoms with E-state index in [-0.39, 0.29) is 10.2 Å². The molecule has 0 amide bonds. The van der Waals surface area contributed by atoms with Crippen molar-refractivity contribution in [2.45, 2.75) is 51.4 Å². The maximum Gasteiger partial charge on any atom is 0.0678 e. The summed E-state index contributed by atoms with van der Waals surface area (Å²) in [6, 6.07) is 55.4. The summed E-state index contributed by atoms with van der Waals surface area (Å²) >= 11 is 5.94. The fraction of sp³-hybridized carbons (Fsp3) is 0.123. The fourth-order valence-corrected chi connectivity index (χ4v) is 15.0. The minimum absolute atomic E-state index is 0.123. The van der Waals surface area contributed by atoms with E-state index < -0.39 is 0 Å². The molecular weight excluding hydrogens is 795 g/mol. The Morgan fingerprint density at radius 3 is 2.28 bits per heavy atom. The smallest absolute Gasteiger partial charge is 0.0678 e. The molecule has 13 rings (SSSR count). The van der Waals surface area contributed by atoms with E-state index in [4.69, 9.17) is 0 Å². The van der Waals surface area contributed by atoms with Crippen molar-refractivity contribution in [2.75, 3.05) is 4.90 Å². The van der Waals surface area contributed by atoms with Crippen molar-refractivity contribution in [1.29, 1.82) is 0 Å². The quantitative estimate of drug-likeness (QED) is 0.170. The number of rotatable bonds is 5. The Balaban J connectivity index is 0.928. The van der Waals surface area contributed by atoms with Gasteiger partial charge in [-0.05, 0) is 105 Å². The molecule has 3 heterocycles. The van der Waals surface area contributed by atoms with Crippen molar-refractivity contribution in [3.63, 3.8) is 0 Å². The Bertz CT molecular complexity index is 3270. The van der Waals surface area contributed by atoms with Gasteiger partial charge < -0.3 is 4.90 Å². The molecule has 5 aliphatic rings. The Labute approximate surface area is 369 Å². The Morgan fingerprint density at radius 1 is 0.623 bits per heavy atom. The Hall–Kier alpha value is -5.78. The van der Waals surface area contributed by atoms with Crippen LogP contribution in [0.3, 0.4) is 0 Å². The van der Waals surface area contributed by atoms with Gasteiger partial charge in [0.15, 0.2) is 0 Å². The number of thioether (sulfide) groups is 2. The molecule has 1 nitrogen and oxygen atoms in total. The number of allylic oxidation sites excluding steroid dienone is 6. The Kier molecular flexibility index (Phi) is 7.87. The standard InChI is InChI=1S/C57H41NS3/c1-56(2)48-31-30-46-44-14-5-7-18-51(44)60-55(46)53(48)47-29-28-40(33-49(47)56)58(38-24-20-35(21-25-38)42-15-9-16-45-43-13-4-6-17-50(43)59-54(42)45)39-26-22-37(23-27-39)57-32-10-11-36(34-57)41-12-3-8-19-52(41)61-57/h3-33,43,50H,34H2,1-2H3. The largest absolute Gasteiger partial charge is 0.310 e. The Morgan fingerprint density at radius 2 is 1.39 bits per heavy atom. The summed E-state index contributed by atoms with van der Waals surface area (Å²) in [7, 11) is 0. The zero-order valence-electron chi connectivity index (χ0n) is 33.9. The number of nitrogens with zero attached hydrogens (tertiary/aromatic N) is 1. The van der Waals surface area contributed by atoms with Gasteiger partial charge in [0.05, 0.1) is 4.75 Å². The predicted molar refractivity (Wildman–Crippen MR) is 263 cm³/mol. The third-order valence-electron chi connectivity index (χ3n) is 13.9. The molecule has 61 heavy (non-hydrogen) atoms. The normalized spacial score (nSPS) is 20.9. The van der Waals surface area contributed by atoms with Crippen molar-refractivity contribution in [1.82, 2.24) is 0 Å². The van der Waals surface area contributed by atoms with E-state index >= 15 is 0 Å². The number of benzene rings is 7. The SMILES string of the molecule is CC1(C)c2cc(N(c3ccc(-c4cccc5c4SC4C=CC=CC54)cc3)c3ccc(C45C=CC=C(C4)c4ccccc4S5)cc3)ccc2-c2c1ccc1c2sc2ccccc21. The topological polar surface area (TPSA) is 3.24 Å². The second kappa shape index (κ2) is 13.4. The van der Waals surface area contributed by atoms with Crippen LogP contribution in [0.25, 0.3) is 48.0 Å². The first-order chi connectivity index (χ1) is 29.9. The van der Waals surface area contributed by atoms with Gasteiger partial charge in [-0.1, -0.05) is 153 Å². The number of anilines is 3. The van der Waals surface area contributed by atoms with E-state index in [9.17, 15) is 0 Å². The molecular formula is C57H41NS3. The van der Waals surface area contributed by atoms with Gasteiger partial charge >= 0.3 is 0 Å². The van der Waals surface area contributed by atoms with Crippen LogP contribution >= 0.6 is 34.9 Å². The van der Waals surface area contributed by atoms with Gasteiger partial charge in [-0.3, -0.25) is 0 Å². The van der Waals surface area contributed by atoms with Crippen molar-refractivity contribution in [3.05, 3.63) is 216 Å². The summed E-state index contributed by atoms with van der Waals surface area (Å²) in [6.45, 7) is 4.82. The van der Waals surface area contributed by atoms with Crippen molar-refractivity contribution in [2.24, 2.45) is 0 Å². The molecule has 0 radical (unpaired) electrons. The van der Waals surface area contributed by atoms with Gasteiger partial charge in [0.1, 0.15) is 0 Å². The van der Waals surface area contributed by atoms with Crippen molar-refractivity contribution < 1.29 is 0 Å². The third kappa shape index (κ3) is 5.35. The summed E-state index contributed by atoms with van der Waals surface area (Å²) in [5.41, 5.74) is 17.1. The molecule has 292 valence electrons. The molecule has 0 fully saturated rings. The lowest BCUT2D eigenvalue weighted by molar-refractivity contribution is 0.661. The molecule has 1 aromatic heterocycles. The lowest BCUT2D eigenvalue weighted by Crippen LogP contribution is -2.25. The van der Waals surface area contributed by atoms with Gasteiger partial charge in [-0.25, -0.2) is 0 Å². The number of thiophene rings is 1. The van der Waals surface area contributed by atoms with Crippen LogP contribution in [0, 0.1) is 0 Å². The molecule has 3 atom stereocenters. The molecule has 2 aliphatic heterocycles. The molecule has 0 N–H and O–H groups in total. The summed E-state index contributed by atoms with van der Waals surface area (Å²) < 4.78 is 2.63. The molecule has 0 saturated carbocycles. The van der Waals surface area contributed by atoms with Crippen LogP contribution in [-0.2, 0) is 10.2 Å². The van der Waals surface area contributed by atoms with Crippen LogP contribution in [0.2, 0.25) is 0 Å². The van der Waals surface area contributed by atoms with Crippen molar-refractivity contribution in [3.8, 4) is 22.3 Å². The third-order valence-corrected chi connectivity index (χ3v) is 17.9. The molecule has 0 saturated heterocycles.